The number of unbranched alkanes of at least 4 members (excludes halogenated alkanes) is 18. The normalized spacial score (nSPS) is 14.8. The van der Waals surface area contributed by atoms with E-state index < -0.39 is 42.0 Å². The predicted molar refractivity (Wildman–Crippen MR) is 288 cm³/mol. The molecule has 1 aliphatic heterocycles. The van der Waals surface area contributed by atoms with E-state index in [9.17, 15) is 44.3 Å². The van der Waals surface area contributed by atoms with Gasteiger partial charge in [-0.3, -0.25) is 14.4 Å². The van der Waals surface area contributed by atoms with Gasteiger partial charge in [-0.05, 0) is 99.9 Å². The number of halogens is 2. The number of allylic oxidation sites excluding steroid dienone is 1. The van der Waals surface area contributed by atoms with Gasteiger partial charge in [-0.2, -0.15) is 0 Å². The first-order valence-electron chi connectivity index (χ1n) is 27.1. The van der Waals surface area contributed by atoms with Crippen molar-refractivity contribution in [3.8, 4) is 12.3 Å². The fraction of sp³-hybridized carbons (Fsp3) is 0.678. The molecule has 4 atom stereocenters. The van der Waals surface area contributed by atoms with Crippen molar-refractivity contribution in [1.82, 2.24) is 4.90 Å². The highest BCUT2D eigenvalue weighted by molar-refractivity contribution is 6.30. The van der Waals surface area contributed by atoms with Gasteiger partial charge in [-0.1, -0.05) is 133 Å². The van der Waals surface area contributed by atoms with Crippen molar-refractivity contribution < 1.29 is 53.8 Å². The molecule has 1 fully saturated rings. The largest absolute Gasteiger partial charge is 0.463 e. The van der Waals surface area contributed by atoms with E-state index in [0.717, 1.165) is 76.6 Å². The van der Waals surface area contributed by atoms with Crippen LogP contribution in [0.25, 0.3) is 0 Å². The zero-order valence-corrected chi connectivity index (χ0v) is 44.9. The van der Waals surface area contributed by atoms with Crippen LogP contribution in [0, 0.1) is 18.2 Å². The van der Waals surface area contributed by atoms with Crippen molar-refractivity contribution >= 4 is 29.3 Å². The third-order valence-electron chi connectivity index (χ3n) is 13.0. The average Bonchev–Trinajstić information content (AvgIpc) is 3.35. The third-order valence-corrected chi connectivity index (χ3v) is 13.2. The molecule has 1 saturated heterocycles. The molecule has 1 heterocycles. The molecule has 0 bridgehead atoms. The third kappa shape index (κ3) is 36.3. The smallest absolute Gasteiger partial charge is 0.302 e. The van der Waals surface area contributed by atoms with E-state index in [1.165, 1.54) is 122 Å². The Balaban J connectivity index is 0.000000542. The monoisotopic (exact) mass is 1030 g/mol. The highest BCUT2D eigenvalue weighted by Gasteiger charge is 2.33. The van der Waals surface area contributed by atoms with E-state index in [1.807, 2.05) is 30.3 Å². The van der Waals surface area contributed by atoms with Crippen molar-refractivity contribution in [3.05, 3.63) is 83.2 Å². The van der Waals surface area contributed by atoms with Crippen LogP contribution >= 0.6 is 11.6 Å². The zero-order valence-electron chi connectivity index (χ0n) is 44.1. The van der Waals surface area contributed by atoms with Gasteiger partial charge in [0.1, 0.15) is 19.0 Å². The standard InChI is InChI=1S/C21H23ClFNO2.C19H36O4.C19H34O4/c22-18-7-5-17(6-8-18)21(26)11-14-24(15-12-21)13-1-2-20(25)16-3-9-19(23)10-4-16;2*1-3-4-5-6-7-8-9-10-11-12-13-14-18(21)15-19(22)16-23-17(2)20/h3-10,26H,1-2,11-15H2;3,18-19,21-22H,1,4-16H2,2H3;1,18-19,21-22H,4-16H2,2H3. The lowest BCUT2D eigenvalue weighted by molar-refractivity contribution is -0.145. The van der Waals surface area contributed by atoms with E-state index >= 15 is 0 Å². The first-order chi connectivity index (χ1) is 34.6. The molecule has 0 spiro atoms. The number of ether oxygens (including phenoxy) is 2. The molecule has 5 N–H and O–H groups in total. The lowest BCUT2D eigenvalue weighted by Crippen LogP contribution is -2.42. The van der Waals surface area contributed by atoms with Crippen LogP contribution in [0.15, 0.2) is 61.2 Å². The number of rotatable bonds is 37. The Bertz CT molecular complexity index is 1730. The quantitative estimate of drug-likeness (QED) is 0.0143. The van der Waals surface area contributed by atoms with Crippen molar-refractivity contribution in [2.75, 3.05) is 32.8 Å². The van der Waals surface area contributed by atoms with Gasteiger partial charge in [0, 0.05) is 63.2 Å². The van der Waals surface area contributed by atoms with E-state index in [-0.39, 0.29) is 37.7 Å². The number of hydrogen-bond donors (Lipinski definition) is 5. The van der Waals surface area contributed by atoms with Crippen molar-refractivity contribution in [1.29, 1.82) is 0 Å². The van der Waals surface area contributed by atoms with Crippen molar-refractivity contribution in [2.24, 2.45) is 0 Å². The number of terminal acetylenes is 1. The van der Waals surface area contributed by atoms with Crippen LogP contribution in [0.2, 0.25) is 5.02 Å². The second-order valence-corrected chi connectivity index (χ2v) is 20.0. The fourth-order valence-electron chi connectivity index (χ4n) is 8.62. The second-order valence-electron chi connectivity index (χ2n) is 19.6. The molecule has 408 valence electrons. The Labute approximate surface area is 438 Å². The molecule has 4 unspecified atom stereocenters. The Hall–Kier alpha value is -3.67. The van der Waals surface area contributed by atoms with Crippen LogP contribution < -0.4 is 0 Å². The summed E-state index contributed by atoms with van der Waals surface area (Å²) < 4.78 is 22.3. The number of carbonyl (C=O) groups excluding carboxylic acids is 3. The maximum Gasteiger partial charge on any atom is 0.302 e. The summed E-state index contributed by atoms with van der Waals surface area (Å²) in [7, 11) is 0. The zero-order chi connectivity index (χ0) is 53.2. The molecule has 0 saturated carbocycles. The van der Waals surface area contributed by atoms with Gasteiger partial charge in [0.05, 0.1) is 30.0 Å². The van der Waals surface area contributed by atoms with Crippen LogP contribution in [0.3, 0.4) is 0 Å². The lowest BCUT2D eigenvalue weighted by Gasteiger charge is -2.38. The molecule has 1 aliphatic rings. The topological polar surface area (TPSA) is 174 Å². The number of benzene rings is 2. The molecule has 3 rings (SSSR count). The Kier molecular flexibility index (Phi) is 39.3. The molecule has 13 heteroatoms. The summed E-state index contributed by atoms with van der Waals surface area (Å²) in [5.41, 5.74) is 0.667. The number of esters is 2. The Morgan fingerprint density at radius 1 is 0.681 bits per heavy atom. The van der Waals surface area contributed by atoms with Crippen LogP contribution in [0.4, 0.5) is 4.39 Å². The summed E-state index contributed by atoms with van der Waals surface area (Å²) >= 11 is 5.92. The van der Waals surface area contributed by atoms with Gasteiger partial charge in [0.15, 0.2) is 5.78 Å². The van der Waals surface area contributed by atoms with Crippen LogP contribution in [-0.4, -0.2) is 105 Å². The fourth-order valence-corrected chi connectivity index (χ4v) is 8.74. The highest BCUT2D eigenvalue weighted by atomic mass is 35.5. The molecule has 0 aromatic heterocycles. The summed E-state index contributed by atoms with van der Waals surface area (Å²) in [6.07, 6.45) is 33.1. The molecule has 0 amide bonds. The van der Waals surface area contributed by atoms with Gasteiger partial charge in [-0.15, -0.1) is 18.9 Å². The molecular formula is C59H93ClFNO10. The predicted octanol–water partition coefficient (Wildman–Crippen LogP) is 12.1. The van der Waals surface area contributed by atoms with E-state index in [2.05, 4.69) is 17.4 Å². The van der Waals surface area contributed by atoms with E-state index in [4.69, 9.17) is 27.5 Å². The van der Waals surface area contributed by atoms with Gasteiger partial charge in [0.25, 0.3) is 0 Å². The van der Waals surface area contributed by atoms with E-state index in [1.54, 1.807) is 0 Å². The number of nitrogens with zero attached hydrogens (tertiary/aromatic N) is 1. The van der Waals surface area contributed by atoms with Gasteiger partial charge >= 0.3 is 11.9 Å². The molecule has 0 aliphatic carbocycles. The van der Waals surface area contributed by atoms with Gasteiger partial charge in [0.2, 0.25) is 0 Å². The summed E-state index contributed by atoms with van der Waals surface area (Å²) in [6, 6.07) is 13.1. The minimum Gasteiger partial charge on any atom is -0.463 e. The van der Waals surface area contributed by atoms with Crippen molar-refractivity contribution in [2.45, 2.75) is 224 Å². The number of aliphatic hydroxyl groups excluding tert-OH is 4. The first-order valence-corrected chi connectivity index (χ1v) is 27.5. The Morgan fingerprint density at radius 3 is 1.54 bits per heavy atom. The maximum atomic E-state index is 12.9. The highest BCUT2D eigenvalue weighted by Crippen LogP contribution is 2.33. The van der Waals surface area contributed by atoms with E-state index in [0.29, 0.717) is 42.7 Å². The Morgan fingerprint density at radius 2 is 1.11 bits per heavy atom. The molecular weight excluding hydrogens is 937 g/mol. The van der Waals surface area contributed by atoms with Crippen LogP contribution in [0.5, 0.6) is 0 Å². The number of aliphatic hydroxyl groups is 5. The van der Waals surface area contributed by atoms with Crippen LogP contribution in [-0.2, 0) is 24.7 Å². The summed E-state index contributed by atoms with van der Waals surface area (Å²) in [6.45, 7) is 8.70. The van der Waals surface area contributed by atoms with Gasteiger partial charge in [-0.25, -0.2) is 4.39 Å². The SMILES string of the molecule is C#CCCCCCCCCCCCC(O)CC(O)COC(C)=O.C=CCCCCCCCCCCCC(O)CC(O)COC(C)=O.O=C(CCCN1CCC(O)(c2ccc(Cl)cc2)CC1)c1ccc(F)cc1. The summed E-state index contributed by atoms with van der Waals surface area (Å²) in [5.74, 6) is 1.57. The van der Waals surface area contributed by atoms with Crippen LogP contribution in [0.1, 0.15) is 210 Å². The number of ketones is 1. The second kappa shape index (κ2) is 42.7. The number of Topliss-reactive ketones (excluding diaryl/α,β-unsaturated/α-hetero) is 1. The number of carbonyl (C=O) groups is 3. The van der Waals surface area contributed by atoms with Gasteiger partial charge < -0.3 is 39.9 Å². The molecule has 2 aromatic carbocycles. The first kappa shape index (κ1) is 66.3. The molecule has 11 nitrogen and oxygen atoms in total. The minimum absolute atomic E-state index is 0.0286. The molecule has 72 heavy (non-hydrogen) atoms. The average molecular weight is 1030 g/mol. The molecule has 0 radical (unpaired) electrons. The molecule has 2 aromatic rings. The van der Waals surface area contributed by atoms with Crippen molar-refractivity contribution in [3.63, 3.8) is 0 Å². The number of likely N-dealkylation sites (tertiary alicyclic amines) is 1. The minimum atomic E-state index is -0.801. The lowest BCUT2D eigenvalue weighted by atomic mass is 9.84. The number of piperidine rings is 1. The maximum absolute atomic E-state index is 12.9. The number of hydrogen-bond acceptors (Lipinski definition) is 11. The summed E-state index contributed by atoms with van der Waals surface area (Å²) in [5, 5.41) is 50.4. The summed E-state index contributed by atoms with van der Waals surface area (Å²) in [4.78, 5) is 35.6.